The largest absolute Gasteiger partial charge is 0.355 e. The van der Waals surface area contributed by atoms with Gasteiger partial charge in [0, 0.05) is 22.2 Å². The number of rotatable bonds is 6. The molecule has 7 heteroatoms. The van der Waals surface area contributed by atoms with Gasteiger partial charge in [0.2, 0.25) is 0 Å². The molecule has 3 aromatic rings. The van der Waals surface area contributed by atoms with E-state index < -0.39 is 0 Å². The van der Waals surface area contributed by atoms with E-state index in [1.807, 2.05) is 39.8 Å². The van der Waals surface area contributed by atoms with Gasteiger partial charge >= 0.3 is 0 Å². The summed E-state index contributed by atoms with van der Waals surface area (Å²) in [6.07, 6.45) is 1.59. The highest BCUT2D eigenvalue weighted by atomic mass is 16.6. The Hall–Kier alpha value is -3.19. The van der Waals surface area contributed by atoms with Gasteiger partial charge in [-0.2, -0.15) is 0 Å². The van der Waals surface area contributed by atoms with Gasteiger partial charge in [-0.3, -0.25) is 4.79 Å². The summed E-state index contributed by atoms with van der Waals surface area (Å²) in [4.78, 5) is 27.4. The van der Waals surface area contributed by atoms with Crippen LogP contribution in [0.5, 0.6) is 0 Å². The van der Waals surface area contributed by atoms with Crippen molar-refractivity contribution in [3.05, 3.63) is 47.1 Å². The van der Waals surface area contributed by atoms with Gasteiger partial charge in [-0.15, -0.1) is 0 Å². The number of aryl methyl sites for hydroxylation is 1. The van der Waals surface area contributed by atoms with Crippen LogP contribution in [-0.2, 0) is 4.84 Å². The molecule has 0 bridgehead atoms. The van der Waals surface area contributed by atoms with E-state index in [-0.39, 0.29) is 0 Å². The summed E-state index contributed by atoms with van der Waals surface area (Å²) in [5, 5.41) is 5.16. The molecule has 2 heterocycles. The number of aromatic amines is 2. The predicted octanol–water partition coefficient (Wildman–Crippen LogP) is 4.81. The number of hydrogen-bond acceptors (Lipinski definition) is 5. The van der Waals surface area contributed by atoms with E-state index in [1.54, 1.807) is 0 Å². The van der Waals surface area contributed by atoms with Crippen LogP contribution in [0.3, 0.4) is 0 Å². The predicted molar refractivity (Wildman–Crippen MR) is 119 cm³/mol. The quantitative estimate of drug-likeness (QED) is 0.241. The van der Waals surface area contributed by atoms with E-state index >= 15 is 0 Å². The maximum absolute atomic E-state index is 11.0. The number of imidazole rings is 1. The number of allylic oxidation sites excluding steroid dienone is 1. The van der Waals surface area contributed by atoms with Crippen molar-refractivity contribution in [3.63, 3.8) is 0 Å². The molecule has 4 N–H and O–H groups in total. The zero-order valence-corrected chi connectivity index (χ0v) is 17.9. The maximum atomic E-state index is 11.0. The minimum atomic E-state index is 0.336. The van der Waals surface area contributed by atoms with Crippen LogP contribution in [0, 0.1) is 6.92 Å². The Morgan fingerprint density at radius 3 is 2.52 bits per heavy atom. The Kier molecular flexibility index (Phi) is 7.50. The monoisotopic (exact) mass is 395 g/mol. The second-order valence-electron chi connectivity index (χ2n) is 6.79. The number of nitrogens with zero attached hydrogens (tertiary/aromatic N) is 2. The number of hydrogen-bond donors (Lipinski definition) is 3. The summed E-state index contributed by atoms with van der Waals surface area (Å²) in [7, 11) is 1.50. The van der Waals surface area contributed by atoms with Crippen LogP contribution >= 0.6 is 0 Å². The lowest BCUT2D eigenvalue weighted by Gasteiger charge is -2.07. The van der Waals surface area contributed by atoms with Crippen LogP contribution in [-0.4, -0.2) is 34.0 Å². The average molecular weight is 396 g/mol. The van der Waals surface area contributed by atoms with Crippen molar-refractivity contribution in [3.8, 4) is 11.3 Å². The van der Waals surface area contributed by atoms with Crippen LogP contribution in [0.4, 0.5) is 0 Å². The van der Waals surface area contributed by atoms with E-state index in [4.69, 9.17) is 4.84 Å². The highest BCUT2D eigenvalue weighted by molar-refractivity contribution is 5.88. The molecule has 0 aliphatic carbocycles. The van der Waals surface area contributed by atoms with Crippen molar-refractivity contribution >= 4 is 28.7 Å². The van der Waals surface area contributed by atoms with Crippen LogP contribution in [0.2, 0.25) is 0 Å². The first kappa shape index (κ1) is 22.1. The van der Waals surface area contributed by atoms with Crippen molar-refractivity contribution in [1.82, 2.24) is 15.0 Å². The lowest BCUT2D eigenvalue weighted by atomic mass is 10.1. The van der Waals surface area contributed by atoms with Crippen molar-refractivity contribution in [2.45, 2.75) is 41.0 Å². The van der Waals surface area contributed by atoms with E-state index in [9.17, 15) is 4.79 Å². The number of carbonyl (C=O) groups is 1. The summed E-state index contributed by atoms with van der Waals surface area (Å²) >= 11 is 0. The maximum Gasteiger partial charge on any atom is 0.185 e. The second kappa shape index (κ2) is 9.84. The molecule has 29 heavy (non-hydrogen) atoms. The van der Waals surface area contributed by atoms with Gasteiger partial charge in [-0.1, -0.05) is 18.1 Å². The third-order valence-corrected chi connectivity index (χ3v) is 4.39. The van der Waals surface area contributed by atoms with Gasteiger partial charge in [0.05, 0.1) is 17.1 Å². The topological polar surface area (TPSA) is 109 Å². The molecule has 154 valence electrons. The summed E-state index contributed by atoms with van der Waals surface area (Å²) in [5.41, 5.74) is 11.0. The lowest BCUT2D eigenvalue weighted by Crippen LogP contribution is -1.93. The van der Waals surface area contributed by atoms with Gasteiger partial charge in [-0.05, 0) is 64.9 Å². The molecule has 0 aliphatic rings. The van der Waals surface area contributed by atoms with Crippen molar-refractivity contribution in [1.29, 1.82) is 0 Å². The molecule has 2 aromatic heterocycles. The standard InChI is InChI=1S/C21H24N4O2.CH5N/c1-6-13(4)21(27-25-12(2)3)18-10-16-9-15(7-8-17(16)23-18)20-14(5)22-19(11-26)24-20;1-2/h7-11,23H,6H2,1-5H3,(H,22,24);2H2,1H3. The molecule has 0 saturated carbocycles. The Morgan fingerprint density at radius 2 is 1.93 bits per heavy atom. The van der Waals surface area contributed by atoms with Crippen LogP contribution in [0.1, 0.15) is 56.1 Å². The number of aromatic nitrogens is 3. The summed E-state index contributed by atoms with van der Waals surface area (Å²) in [5.74, 6) is 1.08. The molecule has 0 unspecified atom stereocenters. The molecule has 0 spiro atoms. The highest BCUT2D eigenvalue weighted by Gasteiger charge is 2.14. The Labute approximate surface area is 171 Å². The first-order valence-corrected chi connectivity index (χ1v) is 9.54. The Morgan fingerprint density at radius 1 is 1.21 bits per heavy atom. The molecule has 0 amide bonds. The molecule has 0 saturated heterocycles. The fourth-order valence-electron chi connectivity index (χ4n) is 2.88. The van der Waals surface area contributed by atoms with E-state index in [0.29, 0.717) is 5.82 Å². The van der Waals surface area contributed by atoms with E-state index in [2.05, 4.69) is 44.9 Å². The van der Waals surface area contributed by atoms with Gasteiger partial charge in [-0.25, -0.2) is 4.98 Å². The highest BCUT2D eigenvalue weighted by Crippen LogP contribution is 2.29. The van der Waals surface area contributed by atoms with Crippen LogP contribution < -0.4 is 5.73 Å². The van der Waals surface area contributed by atoms with Gasteiger partial charge in [0.1, 0.15) is 0 Å². The van der Waals surface area contributed by atoms with Gasteiger partial charge < -0.3 is 20.5 Å². The fourth-order valence-corrected chi connectivity index (χ4v) is 2.88. The zero-order chi connectivity index (χ0) is 21.6. The van der Waals surface area contributed by atoms with E-state index in [0.717, 1.165) is 63.3 Å². The molecule has 0 aliphatic heterocycles. The van der Waals surface area contributed by atoms with Crippen LogP contribution in [0.15, 0.2) is 35.0 Å². The number of benzene rings is 1. The van der Waals surface area contributed by atoms with Crippen molar-refractivity contribution in [2.24, 2.45) is 10.9 Å². The number of aldehydes is 1. The molecular formula is C22H29N5O2. The third kappa shape index (κ3) is 5.00. The number of H-pyrrole nitrogens is 2. The lowest BCUT2D eigenvalue weighted by molar-refractivity contribution is 0.111. The fraction of sp³-hybridized carbons (Fsp3) is 0.318. The summed E-state index contributed by atoms with van der Waals surface area (Å²) in [6, 6.07) is 8.11. The van der Waals surface area contributed by atoms with Crippen molar-refractivity contribution in [2.75, 3.05) is 7.05 Å². The molecule has 7 nitrogen and oxygen atoms in total. The molecule has 0 radical (unpaired) electrons. The smallest absolute Gasteiger partial charge is 0.185 e. The van der Waals surface area contributed by atoms with Gasteiger partial charge in [0.15, 0.2) is 17.9 Å². The molecule has 0 atom stereocenters. The normalized spacial score (nSPS) is 11.4. The number of carbonyl (C=O) groups excluding carboxylic acids is 1. The SMILES string of the molecule is CCC(C)=C(ON=C(C)C)c1cc2cc(-c3nc(C=O)[nH]c3C)ccc2[nH]1.CN. The Bertz CT molecular complexity index is 1050. The van der Waals surface area contributed by atoms with Crippen LogP contribution in [0.25, 0.3) is 27.9 Å². The number of fused-ring (bicyclic) bond motifs is 1. The summed E-state index contributed by atoms with van der Waals surface area (Å²) < 4.78 is 0. The number of oxime groups is 1. The molecule has 1 aromatic carbocycles. The third-order valence-electron chi connectivity index (χ3n) is 4.39. The van der Waals surface area contributed by atoms with Crippen molar-refractivity contribution < 1.29 is 9.63 Å². The Balaban J connectivity index is 0.00000145. The number of nitrogens with one attached hydrogen (secondary N) is 2. The molecular weight excluding hydrogens is 366 g/mol. The second-order valence-corrected chi connectivity index (χ2v) is 6.79. The minimum absolute atomic E-state index is 0.336. The first-order valence-electron chi connectivity index (χ1n) is 9.54. The molecule has 3 rings (SSSR count). The number of nitrogens with two attached hydrogens (primary N) is 1. The van der Waals surface area contributed by atoms with Gasteiger partial charge in [0.25, 0.3) is 0 Å². The first-order chi connectivity index (χ1) is 13.9. The summed E-state index contributed by atoms with van der Waals surface area (Å²) in [6.45, 7) is 9.84. The zero-order valence-electron chi connectivity index (χ0n) is 17.9. The van der Waals surface area contributed by atoms with E-state index in [1.165, 1.54) is 7.05 Å². The average Bonchev–Trinajstić information content (AvgIpc) is 3.31. The molecule has 0 fully saturated rings. The minimum Gasteiger partial charge on any atom is -0.355 e.